The summed E-state index contributed by atoms with van der Waals surface area (Å²) >= 11 is 3.66. The minimum Gasteiger partial charge on any atom is -0.492 e. The molecule has 3 heteroatoms. The van der Waals surface area contributed by atoms with Crippen molar-refractivity contribution in [3.05, 3.63) is 40.9 Å². The molecule has 0 unspecified atom stereocenters. The monoisotopic (exact) mass is 333 g/mol. The summed E-state index contributed by atoms with van der Waals surface area (Å²) < 4.78 is 7.00. The maximum absolute atomic E-state index is 5.93. The van der Waals surface area contributed by atoms with Gasteiger partial charge in [0.2, 0.25) is 0 Å². The van der Waals surface area contributed by atoms with Crippen LogP contribution in [-0.2, 0) is 0 Å². The lowest BCUT2D eigenvalue weighted by atomic mass is 10.1. The molecule has 0 aliphatic carbocycles. The fourth-order valence-electron chi connectivity index (χ4n) is 2.80. The quantitative estimate of drug-likeness (QED) is 0.748. The fraction of sp³-hybridized carbons (Fsp3) is 0.412. The molecule has 0 radical (unpaired) electrons. The second kappa shape index (κ2) is 6.59. The first-order valence-corrected chi connectivity index (χ1v) is 8.16. The Labute approximate surface area is 128 Å². The van der Waals surface area contributed by atoms with Crippen LogP contribution in [0, 0.1) is 0 Å². The number of hydrogen-bond acceptors (Lipinski definition) is 2. The van der Waals surface area contributed by atoms with Crippen molar-refractivity contribution < 1.29 is 4.74 Å². The van der Waals surface area contributed by atoms with Crippen LogP contribution in [0.4, 0.5) is 0 Å². The Morgan fingerprint density at radius 1 is 1.05 bits per heavy atom. The number of rotatable bonds is 5. The van der Waals surface area contributed by atoms with Gasteiger partial charge in [-0.1, -0.05) is 30.3 Å². The van der Waals surface area contributed by atoms with Crippen LogP contribution in [-0.4, -0.2) is 31.1 Å². The van der Waals surface area contributed by atoms with Gasteiger partial charge < -0.3 is 9.64 Å². The number of benzene rings is 2. The number of likely N-dealkylation sites (tertiary alicyclic amines) is 1. The summed E-state index contributed by atoms with van der Waals surface area (Å²) in [6, 6.07) is 12.5. The molecule has 2 aromatic rings. The summed E-state index contributed by atoms with van der Waals surface area (Å²) in [5.41, 5.74) is 0. The van der Waals surface area contributed by atoms with Crippen LogP contribution < -0.4 is 4.74 Å². The molecule has 0 saturated carbocycles. The lowest BCUT2D eigenvalue weighted by Gasteiger charge is -2.15. The van der Waals surface area contributed by atoms with E-state index in [-0.39, 0.29) is 0 Å². The molecule has 0 N–H and O–H groups in total. The Morgan fingerprint density at radius 2 is 1.85 bits per heavy atom. The van der Waals surface area contributed by atoms with Gasteiger partial charge in [0, 0.05) is 6.54 Å². The third-order valence-corrected chi connectivity index (χ3v) is 4.72. The minimum absolute atomic E-state index is 0.785. The zero-order valence-corrected chi connectivity index (χ0v) is 13.2. The van der Waals surface area contributed by atoms with E-state index in [2.05, 4.69) is 57.2 Å². The average Bonchev–Trinajstić information content (AvgIpc) is 2.99. The Morgan fingerprint density at radius 3 is 2.70 bits per heavy atom. The Bertz CT molecular complexity index is 578. The number of halogens is 1. The van der Waals surface area contributed by atoms with Gasteiger partial charge in [0.05, 0.1) is 11.1 Å². The molecule has 1 aliphatic heterocycles. The van der Waals surface area contributed by atoms with E-state index < -0.39 is 0 Å². The van der Waals surface area contributed by atoms with Crippen molar-refractivity contribution >= 4 is 26.7 Å². The maximum atomic E-state index is 5.93. The lowest BCUT2D eigenvalue weighted by molar-refractivity contribution is 0.262. The summed E-state index contributed by atoms with van der Waals surface area (Å²) in [7, 11) is 0. The van der Waals surface area contributed by atoms with Gasteiger partial charge in [0.15, 0.2) is 0 Å². The summed E-state index contributed by atoms with van der Waals surface area (Å²) in [6.45, 7) is 4.47. The Hall–Kier alpha value is -1.06. The molecule has 1 heterocycles. The van der Waals surface area contributed by atoms with E-state index in [0.717, 1.165) is 29.8 Å². The molecular weight excluding hydrogens is 314 g/mol. The van der Waals surface area contributed by atoms with Crippen LogP contribution in [0.3, 0.4) is 0 Å². The predicted molar refractivity (Wildman–Crippen MR) is 87.4 cm³/mol. The van der Waals surface area contributed by atoms with Crippen molar-refractivity contribution in [3.8, 4) is 5.75 Å². The predicted octanol–water partition coefficient (Wildman–Crippen LogP) is 4.47. The number of ether oxygens (including phenoxy) is 1. The highest BCUT2D eigenvalue weighted by atomic mass is 79.9. The first kappa shape index (κ1) is 13.9. The average molecular weight is 334 g/mol. The van der Waals surface area contributed by atoms with Gasteiger partial charge in [-0.2, -0.15) is 0 Å². The molecule has 0 atom stereocenters. The molecule has 0 spiro atoms. The standard InChI is InChI=1S/C17H20BrNO/c18-17-15-7-2-1-6-14(15)8-9-16(17)20-13-5-12-19-10-3-4-11-19/h1-2,6-9H,3-5,10-13H2. The zero-order valence-electron chi connectivity index (χ0n) is 11.6. The van der Waals surface area contributed by atoms with Gasteiger partial charge in [-0.25, -0.2) is 0 Å². The first-order valence-electron chi connectivity index (χ1n) is 7.37. The van der Waals surface area contributed by atoms with E-state index in [0.29, 0.717) is 0 Å². The molecule has 1 aliphatic rings. The topological polar surface area (TPSA) is 12.5 Å². The van der Waals surface area contributed by atoms with E-state index in [1.165, 1.54) is 36.7 Å². The van der Waals surface area contributed by atoms with Gasteiger partial charge in [0.25, 0.3) is 0 Å². The largest absolute Gasteiger partial charge is 0.492 e. The molecule has 1 fully saturated rings. The molecule has 3 rings (SSSR count). The number of fused-ring (bicyclic) bond motifs is 1. The summed E-state index contributed by atoms with van der Waals surface area (Å²) in [6.07, 6.45) is 3.81. The Kier molecular flexibility index (Phi) is 4.58. The smallest absolute Gasteiger partial charge is 0.134 e. The van der Waals surface area contributed by atoms with E-state index in [4.69, 9.17) is 4.74 Å². The van der Waals surface area contributed by atoms with E-state index in [1.54, 1.807) is 0 Å². The van der Waals surface area contributed by atoms with Gasteiger partial charge in [-0.3, -0.25) is 0 Å². The maximum Gasteiger partial charge on any atom is 0.134 e. The van der Waals surface area contributed by atoms with Gasteiger partial charge >= 0.3 is 0 Å². The normalized spacial score (nSPS) is 15.8. The number of nitrogens with zero attached hydrogens (tertiary/aromatic N) is 1. The third-order valence-electron chi connectivity index (χ3n) is 3.90. The summed E-state index contributed by atoms with van der Waals surface area (Å²) in [5, 5.41) is 2.45. The minimum atomic E-state index is 0.785. The molecule has 0 aromatic heterocycles. The van der Waals surface area contributed by atoms with E-state index >= 15 is 0 Å². The molecule has 20 heavy (non-hydrogen) atoms. The van der Waals surface area contributed by atoms with Gasteiger partial charge in [-0.15, -0.1) is 0 Å². The first-order chi connectivity index (χ1) is 9.84. The molecular formula is C17H20BrNO. The highest BCUT2D eigenvalue weighted by molar-refractivity contribution is 9.10. The molecule has 2 nitrogen and oxygen atoms in total. The van der Waals surface area contributed by atoms with Crippen LogP contribution in [0.5, 0.6) is 5.75 Å². The second-order valence-electron chi connectivity index (χ2n) is 5.35. The lowest BCUT2D eigenvalue weighted by Crippen LogP contribution is -2.21. The summed E-state index contributed by atoms with van der Waals surface area (Å²) in [5.74, 6) is 0.949. The van der Waals surface area contributed by atoms with Crippen LogP contribution in [0.2, 0.25) is 0 Å². The van der Waals surface area contributed by atoms with Crippen LogP contribution >= 0.6 is 15.9 Å². The molecule has 1 saturated heterocycles. The molecule has 2 aromatic carbocycles. The fourth-order valence-corrected chi connectivity index (χ4v) is 3.41. The summed E-state index contributed by atoms with van der Waals surface area (Å²) in [4.78, 5) is 2.53. The van der Waals surface area contributed by atoms with Crippen molar-refractivity contribution in [2.24, 2.45) is 0 Å². The Balaban J connectivity index is 1.58. The zero-order chi connectivity index (χ0) is 13.8. The molecule has 0 amide bonds. The van der Waals surface area contributed by atoms with Crippen molar-refractivity contribution in [2.45, 2.75) is 19.3 Å². The van der Waals surface area contributed by atoms with Crippen LogP contribution in [0.15, 0.2) is 40.9 Å². The number of hydrogen-bond donors (Lipinski definition) is 0. The highest BCUT2D eigenvalue weighted by Crippen LogP contribution is 2.33. The van der Waals surface area contributed by atoms with Crippen LogP contribution in [0.1, 0.15) is 19.3 Å². The SMILES string of the molecule is Brc1c(OCCCN2CCCC2)ccc2ccccc12. The van der Waals surface area contributed by atoms with Gasteiger partial charge in [-0.05, 0) is 65.1 Å². The third kappa shape index (κ3) is 3.15. The van der Waals surface area contributed by atoms with E-state index in [9.17, 15) is 0 Å². The van der Waals surface area contributed by atoms with Crippen molar-refractivity contribution in [3.63, 3.8) is 0 Å². The highest BCUT2D eigenvalue weighted by Gasteiger charge is 2.11. The molecule has 106 valence electrons. The van der Waals surface area contributed by atoms with E-state index in [1.807, 2.05) is 0 Å². The van der Waals surface area contributed by atoms with Gasteiger partial charge in [0.1, 0.15) is 5.75 Å². The second-order valence-corrected chi connectivity index (χ2v) is 6.14. The molecule has 0 bridgehead atoms. The van der Waals surface area contributed by atoms with Crippen molar-refractivity contribution in [1.29, 1.82) is 0 Å². The van der Waals surface area contributed by atoms with Crippen molar-refractivity contribution in [2.75, 3.05) is 26.2 Å². The van der Waals surface area contributed by atoms with Crippen LogP contribution in [0.25, 0.3) is 10.8 Å². The van der Waals surface area contributed by atoms with Crippen molar-refractivity contribution in [1.82, 2.24) is 4.90 Å².